The number of hydrogen-bond donors (Lipinski definition) is 1. The van der Waals surface area contributed by atoms with Crippen molar-refractivity contribution in [3.05, 3.63) is 53.3 Å². The van der Waals surface area contributed by atoms with Gasteiger partial charge in [-0.1, -0.05) is 18.2 Å². The molecule has 1 heterocycles. The van der Waals surface area contributed by atoms with Crippen molar-refractivity contribution in [2.45, 2.75) is 6.54 Å². The van der Waals surface area contributed by atoms with Crippen LogP contribution >= 0.6 is 11.6 Å². The standard InChI is InChI=1S/C13H11ClN4/c1-2-18-9-11(8-17-18)7-16-13-5-10(6-15)3-4-12(13)14/h2-5,8-9,16H,1,7H2. The average Bonchev–Trinajstić information content (AvgIpc) is 2.86. The lowest BCUT2D eigenvalue weighted by Crippen LogP contribution is -1.99. The highest BCUT2D eigenvalue weighted by Gasteiger charge is 2.02. The van der Waals surface area contributed by atoms with Gasteiger partial charge in [-0.2, -0.15) is 10.4 Å². The predicted octanol–water partition coefficient (Wildman–Crippen LogP) is 3.12. The van der Waals surface area contributed by atoms with Gasteiger partial charge in [0.25, 0.3) is 0 Å². The minimum Gasteiger partial charge on any atom is -0.380 e. The molecule has 1 N–H and O–H groups in total. The van der Waals surface area contributed by atoms with Crippen LogP contribution < -0.4 is 5.32 Å². The second-order valence-corrected chi connectivity index (χ2v) is 4.08. The van der Waals surface area contributed by atoms with E-state index >= 15 is 0 Å². The lowest BCUT2D eigenvalue weighted by molar-refractivity contribution is 0.936. The zero-order chi connectivity index (χ0) is 13.0. The number of rotatable bonds is 4. The number of benzene rings is 1. The summed E-state index contributed by atoms with van der Waals surface area (Å²) in [5, 5.41) is 16.7. The van der Waals surface area contributed by atoms with E-state index in [1.807, 2.05) is 6.20 Å². The number of anilines is 1. The van der Waals surface area contributed by atoms with Gasteiger partial charge < -0.3 is 5.32 Å². The Bertz CT molecular complexity index is 610. The maximum atomic E-state index is 8.83. The van der Waals surface area contributed by atoms with Crippen LogP contribution in [0.3, 0.4) is 0 Å². The smallest absolute Gasteiger partial charge is 0.0992 e. The van der Waals surface area contributed by atoms with Crippen molar-refractivity contribution >= 4 is 23.5 Å². The Morgan fingerprint density at radius 3 is 3.06 bits per heavy atom. The first-order chi connectivity index (χ1) is 8.72. The predicted molar refractivity (Wildman–Crippen MR) is 72.1 cm³/mol. The summed E-state index contributed by atoms with van der Waals surface area (Å²) >= 11 is 6.04. The summed E-state index contributed by atoms with van der Waals surface area (Å²) in [5.74, 6) is 0. The zero-order valence-corrected chi connectivity index (χ0v) is 10.4. The topological polar surface area (TPSA) is 53.6 Å². The average molecular weight is 259 g/mol. The van der Waals surface area contributed by atoms with Gasteiger partial charge in [-0.05, 0) is 18.2 Å². The quantitative estimate of drug-likeness (QED) is 0.917. The molecule has 1 aromatic carbocycles. The van der Waals surface area contributed by atoms with E-state index in [4.69, 9.17) is 16.9 Å². The van der Waals surface area contributed by atoms with Gasteiger partial charge in [0.15, 0.2) is 0 Å². The summed E-state index contributed by atoms with van der Waals surface area (Å²) in [7, 11) is 0. The van der Waals surface area contributed by atoms with E-state index in [0.717, 1.165) is 11.3 Å². The summed E-state index contributed by atoms with van der Waals surface area (Å²) in [6, 6.07) is 7.19. The van der Waals surface area contributed by atoms with Crippen molar-refractivity contribution in [1.29, 1.82) is 5.26 Å². The Hall–Kier alpha value is -2.25. The molecule has 5 heteroatoms. The first-order valence-corrected chi connectivity index (χ1v) is 5.70. The second-order valence-electron chi connectivity index (χ2n) is 3.67. The molecule has 90 valence electrons. The van der Waals surface area contributed by atoms with E-state index in [1.165, 1.54) is 0 Å². The van der Waals surface area contributed by atoms with Crippen LogP contribution in [0, 0.1) is 11.3 Å². The van der Waals surface area contributed by atoms with Gasteiger partial charge in [0, 0.05) is 24.5 Å². The highest BCUT2D eigenvalue weighted by atomic mass is 35.5. The molecule has 2 aromatic rings. The molecule has 0 bridgehead atoms. The van der Waals surface area contributed by atoms with Crippen LogP contribution in [0.15, 0.2) is 37.2 Å². The van der Waals surface area contributed by atoms with Crippen molar-refractivity contribution in [2.75, 3.05) is 5.32 Å². The molecule has 0 amide bonds. The number of halogens is 1. The van der Waals surface area contributed by atoms with Crippen molar-refractivity contribution < 1.29 is 0 Å². The van der Waals surface area contributed by atoms with Crippen LogP contribution in [0.5, 0.6) is 0 Å². The van der Waals surface area contributed by atoms with Gasteiger partial charge in [-0.3, -0.25) is 0 Å². The minimum atomic E-state index is 0.573. The van der Waals surface area contributed by atoms with Crippen molar-refractivity contribution in [2.24, 2.45) is 0 Å². The number of hydrogen-bond acceptors (Lipinski definition) is 3. The third-order valence-electron chi connectivity index (χ3n) is 2.42. The first-order valence-electron chi connectivity index (χ1n) is 5.32. The molecule has 0 unspecified atom stereocenters. The molecular formula is C13H11ClN4. The van der Waals surface area contributed by atoms with E-state index in [2.05, 4.69) is 23.1 Å². The maximum absolute atomic E-state index is 8.83. The highest BCUT2D eigenvalue weighted by molar-refractivity contribution is 6.33. The van der Waals surface area contributed by atoms with Crippen molar-refractivity contribution in [1.82, 2.24) is 9.78 Å². The summed E-state index contributed by atoms with van der Waals surface area (Å²) in [5.41, 5.74) is 2.32. The molecule has 0 spiro atoms. The van der Waals surface area contributed by atoms with Crippen LogP contribution in [0.25, 0.3) is 6.20 Å². The van der Waals surface area contributed by atoms with Crippen LogP contribution in [0.1, 0.15) is 11.1 Å². The van der Waals surface area contributed by atoms with Crippen LogP contribution in [0.2, 0.25) is 5.02 Å². The van der Waals surface area contributed by atoms with E-state index in [1.54, 1.807) is 35.3 Å². The number of nitriles is 1. The van der Waals surface area contributed by atoms with Crippen molar-refractivity contribution in [3.8, 4) is 6.07 Å². The van der Waals surface area contributed by atoms with Gasteiger partial charge in [0.05, 0.1) is 28.5 Å². The van der Waals surface area contributed by atoms with Gasteiger partial charge in [-0.25, -0.2) is 4.68 Å². The number of nitrogens with one attached hydrogen (secondary N) is 1. The van der Waals surface area contributed by atoms with Crippen molar-refractivity contribution in [3.63, 3.8) is 0 Å². The SMILES string of the molecule is C=Cn1cc(CNc2cc(C#N)ccc2Cl)cn1. The third-order valence-corrected chi connectivity index (χ3v) is 2.75. The van der Waals surface area contributed by atoms with Crippen LogP contribution in [0.4, 0.5) is 5.69 Å². The highest BCUT2D eigenvalue weighted by Crippen LogP contribution is 2.23. The number of aromatic nitrogens is 2. The Kier molecular flexibility index (Phi) is 3.66. The minimum absolute atomic E-state index is 0.573. The van der Waals surface area contributed by atoms with E-state index in [0.29, 0.717) is 17.1 Å². The molecule has 0 fully saturated rings. The summed E-state index contributed by atoms with van der Waals surface area (Å²) in [6.07, 6.45) is 5.23. The molecule has 18 heavy (non-hydrogen) atoms. The third kappa shape index (κ3) is 2.70. The van der Waals surface area contributed by atoms with Gasteiger partial charge in [0.1, 0.15) is 0 Å². The Morgan fingerprint density at radius 2 is 2.39 bits per heavy atom. The molecule has 1 aromatic heterocycles. The van der Waals surface area contributed by atoms with E-state index in [-0.39, 0.29) is 0 Å². The molecule has 0 aliphatic rings. The maximum Gasteiger partial charge on any atom is 0.0992 e. The molecule has 0 radical (unpaired) electrons. The van der Waals surface area contributed by atoms with E-state index in [9.17, 15) is 0 Å². The summed E-state index contributed by atoms with van der Waals surface area (Å²) < 4.78 is 1.63. The van der Waals surface area contributed by atoms with Gasteiger partial charge in [-0.15, -0.1) is 0 Å². The molecule has 2 rings (SSSR count). The van der Waals surface area contributed by atoms with Gasteiger partial charge >= 0.3 is 0 Å². The Labute approximate surface area is 110 Å². The lowest BCUT2D eigenvalue weighted by atomic mass is 10.2. The second kappa shape index (κ2) is 5.39. The molecule has 0 aliphatic carbocycles. The number of nitrogens with zero attached hydrogens (tertiary/aromatic N) is 3. The largest absolute Gasteiger partial charge is 0.380 e. The van der Waals surface area contributed by atoms with Crippen LogP contribution in [-0.4, -0.2) is 9.78 Å². The normalized spacial score (nSPS) is 9.78. The molecular weight excluding hydrogens is 248 g/mol. The molecule has 4 nitrogen and oxygen atoms in total. The first kappa shape index (κ1) is 12.2. The fourth-order valence-corrected chi connectivity index (χ4v) is 1.68. The summed E-state index contributed by atoms with van der Waals surface area (Å²) in [4.78, 5) is 0. The molecule has 0 aliphatic heterocycles. The van der Waals surface area contributed by atoms with Gasteiger partial charge in [0.2, 0.25) is 0 Å². The summed E-state index contributed by atoms with van der Waals surface area (Å²) in [6.45, 7) is 4.21. The van der Waals surface area contributed by atoms with Crippen LogP contribution in [-0.2, 0) is 6.54 Å². The lowest BCUT2D eigenvalue weighted by Gasteiger charge is -2.07. The molecule has 0 saturated heterocycles. The monoisotopic (exact) mass is 258 g/mol. The fourth-order valence-electron chi connectivity index (χ4n) is 1.50. The van der Waals surface area contributed by atoms with E-state index < -0.39 is 0 Å². The fraction of sp³-hybridized carbons (Fsp3) is 0.0769. The molecule has 0 atom stereocenters. The Morgan fingerprint density at radius 1 is 1.56 bits per heavy atom. The molecule has 0 saturated carbocycles. The Balaban J connectivity index is 2.10. The zero-order valence-electron chi connectivity index (χ0n) is 9.60.